The topological polar surface area (TPSA) is 69.6 Å². The van der Waals surface area contributed by atoms with E-state index in [1.165, 1.54) is 11.8 Å². The molecule has 0 aliphatic carbocycles. The van der Waals surface area contributed by atoms with Crippen molar-refractivity contribution in [1.29, 1.82) is 0 Å². The van der Waals surface area contributed by atoms with Gasteiger partial charge in [0, 0.05) is 12.1 Å². The molecule has 0 fully saturated rings. The molecule has 142 valence electrons. The van der Waals surface area contributed by atoms with Crippen molar-refractivity contribution in [3.63, 3.8) is 0 Å². The summed E-state index contributed by atoms with van der Waals surface area (Å²) in [6.45, 7) is 1.44. The number of nitrogens with zero attached hydrogens (tertiary/aromatic N) is 1. The van der Waals surface area contributed by atoms with Crippen molar-refractivity contribution in [2.75, 3.05) is 25.9 Å². The molecule has 0 bridgehead atoms. The van der Waals surface area contributed by atoms with Gasteiger partial charge < -0.3 is 15.3 Å². The number of fused-ring (bicyclic) bond motifs is 1. The monoisotopic (exact) mass is 384 g/mol. The second-order valence-corrected chi connectivity index (χ2v) is 7.65. The third-order valence-corrected chi connectivity index (χ3v) is 6.02. The number of carboxylic acid groups (broad SMARTS) is 1. The summed E-state index contributed by atoms with van der Waals surface area (Å²) in [5, 5.41) is 12.2. The zero-order valence-electron chi connectivity index (χ0n) is 15.3. The number of nitrogens with one attached hydrogen (secondary N) is 1. The number of amides is 1. The quantitative estimate of drug-likeness (QED) is 0.683. The van der Waals surface area contributed by atoms with Gasteiger partial charge in [-0.25, -0.2) is 0 Å². The van der Waals surface area contributed by atoms with Crippen LogP contribution < -0.4 is 5.32 Å². The van der Waals surface area contributed by atoms with E-state index in [9.17, 15) is 14.7 Å². The van der Waals surface area contributed by atoms with Crippen LogP contribution in [0, 0.1) is 0 Å². The molecule has 1 aliphatic rings. The Kier molecular flexibility index (Phi) is 6.53. The van der Waals surface area contributed by atoms with Gasteiger partial charge >= 0.3 is 5.97 Å². The Morgan fingerprint density at radius 3 is 2.56 bits per heavy atom. The van der Waals surface area contributed by atoms with Crippen molar-refractivity contribution >= 4 is 23.6 Å². The maximum absolute atomic E-state index is 13.3. The number of benzene rings is 2. The van der Waals surface area contributed by atoms with Gasteiger partial charge in [0.1, 0.15) is 0 Å². The fourth-order valence-electron chi connectivity index (χ4n) is 3.57. The molecule has 0 spiro atoms. The molecule has 1 amide bonds. The van der Waals surface area contributed by atoms with Gasteiger partial charge in [-0.05, 0) is 37.2 Å². The second kappa shape index (κ2) is 9.06. The Morgan fingerprint density at radius 1 is 1.15 bits per heavy atom. The molecule has 3 rings (SSSR count). The van der Waals surface area contributed by atoms with Crippen LogP contribution >= 0.6 is 11.8 Å². The Labute approximate surface area is 163 Å². The molecule has 0 aromatic heterocycles. The molecule has 0 radical (unpaired) electrons. The molecule has 2 aromatic rings. The smallest absolute Gasteiger partial charge is 0.313 e. The van der Waals surface area contributed by atoms with E-state index in [0.29, 0.717) is 12.1 Å². The number of hydrogen-bond donors (Lipinski definition) is 2. The molecule has 27 heavy (non-hydrogen) atoms. The van der Waals surface area contributed by atoms with Crippen LogP contribution in [0.3, 0.4) is 0 Å². The lowest BCUT2D eigenvalue weighted by Crippen LogP contribution is -2.43. The normalized spacial score (nSPS) is 19.0. The van der Waals surface area contributed by atoms with Crippen molar-refractivity contribution in [2.45, 2.75) is 17.7 Å². The lowest BCUT2D eigenvalue weighted by atomic mass is 9.88. The fourth-order valence-corrected chi connectivity index (χ4v) is 4.76. The highest BCUT2D eigenvalue weighted by atomic mass is 32.2. The predicted molar refractivity (Wildman–Crippen MR) is 108 cm³/mol. The van der Waals surface area contributed by atoms with Crippen molar-refractivity contribution in [2.24, 2.45) is 0 Å². The molecule has 2 aromatic carbocycles. The van der Waals surface area contributed by atoms with Crippen LogP contribution in [-0.4, -0.2) is 47.8 Å². The van der Waals surface area contributed by atoms with Crippen LogP contribution in [0.25, 0.3) is 0 Å². The van der Waals surface area contributed by atoms with Gasteiger partial charge in [-0.2, -0.15) is 0 Å². The summed E-state index contributed by atoms with van der Waals surface area (Å²) >= 11 is 1.39. The lowest BCUT2D eigenvalue weighted by molar-refractivity contribution is -0.133. The minimum atomic E-state index is -0.845. The SMILES string of the molecule is CNCCCN1C(=O)c2ccccc2C(SCC(=O)O)C1c1ccccc1. The van der Waals surface area contributed by atoms with Gasteiger partial charge in [0.05, 0.1) is 17.0 Å². The van der Waals surface area contributed by atoms with E-state index >= 15 is 0 Å². The fraction of sp³-hybridized carbons (Fsp3) is 0.333. The van der Waals surface area contributed by atoms with E-state index in [1.54, 1.807) is 0 Å². The highest BCUT2D eigenvalue weighted by molar-refractivity contribution is 8.00. The summed E-state index contributed by atoms with van der Waals surface area (Å²) in [5.41, 5.74) is 2.64. The summed E-state index contributed by atoms with van der Waals surface area (Å²) in [6.07, 6.45) is 0.837. The summed E-state index contributed by atoms with van der Waals surface area (Å²) in [5.74, 6) is -0.827. The summed E-state index contributed by atoms with van der Waals surface area (Å²) in [6, 6.07) is 17.3. The van der Waals surface area contributed by atoms with Crippen LogP contribution in [0.1, 0.15) is 39.2 Å². The second-order valence-electron chi connectivity index (χ2n) is 6.52. The molecule has 1 heterocycles. The third kappa shape index (κ3) is 4.34. The number of carbonyl (C=O) groups excluding carboxylic acids is 1. The first-order chi connectivity index (χ1) is 13.1. The van der Waals surface area contributed by atoms with E-state index in [1.807, 2.05) is 66.5 Å². The highest BCUT2D eigenvalue weighted by Crippen LogP contribution is 2.48. The Hall–Kier alpha value is -2.31. The van der Waals surface area contributed by atoms with E-state index in [2.05, 4.69) is 5.32 Å². The van der Waals surface area contributed by atoms with Crippen LogP contribution in [0.2, 0.25) is 0 Å². The molecular formula is C21H24N2O3S. The van der Waals surface area contributed by atoms with Crippen LogP contribution in [0.4, 0.5) is 0 Å². The number of aliphatic carboxylic acids is 1. The average Bonchev–Trinajstić information content (AvgIpc) is 2.69. The van der Waals surface area contributed by atoms with E-state index in [0.717, 1.165) is 24.1 Å². The van der Waals surface area contributed by atoms with Crippen molar-refractivity contribution in [1.82, 2.24) is 10.2 Å². The Balaban J connectivity index is 2.05. The van der Waals surface area contributed by atoms with Crippen molar-refractivity contribution in [3.05, 3.63) is 71.3 Å². The van der Waals surface area contributed by atoms with E-state index < -0.39 is 5.97 Å². The number of rotatable bonds is 8. The molecule has 0 saturated carbocycles. The van der Waals surface area contributed by atoms with E-state index in [-0.39, 0.29) is 23.0 Å². The minimum absolute atomic E-state index is 0.000874. The number of carboxylic acids is 1. The predicted octanol–water partition coefficient (Wildman–Crippen LogP) is 3.35. The number of thioether (sulfide) groups is 1. The van der Waals surface area contributed by atoms with E-state index in [4.69, 9.17) is 0 Å². The minimum Gasteiger partial charge on any atom is -0.481 e. The Bertz CT molecular complexity index is 797. The van der Waals surface area contributed by atoms with Crippen LogP contribution in [0.5, 0.6) is 0 Å². The van der Waals surface area contributed by atoms with Crippen molar-refractivity contribution < 1.29 is 14.7 Å². The van der Waals surface area contributed by atoms with Gasteiger partial charge in [-0.3, -0.25) is 9.59 Å². The summed E-state index contributed by atoms with van der Waals surface area (Å²) in [4.78, 5) is 26.4. The largest absolute Gasteiger partial charge is 0.481 e. The first kappa shape index (κ1) is 19.5. The first-order valence-electron chi connectivity index (χ1n) is 9.06. The zero-order chi connectivity index (χ0) is 19.2. The molecule has 2 atom stereocenters. The molecule has 2 unspecified atom stereocenters. The molecule has 1 aliphatic heterocycles. The first-order valence-corrected chi connectivity index (χ1v) is 10.1. The van der Waals surface area contributed by atoms with Crippen LogP contribution in [-0.2, 0) is 4.79 Å². The maximum atomic E-state index is 13.3. The van der Waals surface area contributed by atoms with Gasteiger partial charge in [-0.15, -0.1) is 11.8 Å². The van der Waals surface area contributed by atoms with Gasteiger partial charge in [-0.1, -0.05) is 48.5 Å². The lowest BCUT2D eigenvalue weighted by Gasteiger charge is -2.42. The van der Waals surface area contributed by atoms with Crippen molar-refractivity contribution in [3.8, 4) is 0 Å². The maximum Gasteiger partial charge on any atom is 0.313 e. The van der Waals surface area contributed by atoms with Gasteiger partial charge in [0.2, 0.25) is 0 Å². The summed E-state index contributed by atoms with van der Waals surface area (Å²) < 4.78 is 0. The zero-order valence-corrected chi connectivity index (χ0v) is 16.1. The molecule has 2 N–H and O–H groups in total. The molecule has 0 saturated heterocycles. The van der Waals surface area contributed by atoms with Crippen LogP contribution in [0.15, 0.2) is 54.6 Å². The number of hydrogen-bond acceptors (Lipinski definition) is 4. The third-order valence-electron chi connectivity index (χ3n) is 4.73. The molecule has 6 heteroatoms. The molecular weight excluding hydrogens is 360 g/mol. The highest BCUT2D eigenvalue weighted by Gasteiger charge is 2.40. The summed E-state index contributed by atoms with van der Waals surface area (Å²) in [7, 11) is 1.90. The van der Waals surface area contributed by atoms with Gasteiger partial charge in [0.15, 0.2) is 0 Å². The Morgan fingerprint density at radius 2 is 1.85 bits per heavy atom. The number of carbonyl (C=O) groups is 2. The standard InChI is InChI=1S/C21H24N2O3S/c1-22-12-7-13-23-19(15-8-3-2-4-9-15)20(27-14-18(24)25)16-10-5-6-11-17(16)21(23)26/h2-6,8-11,19-20,22H,7,12-14H2,1H3,(H,24,25). The molecule has 5 nitrogen and oxygen atoms in total. The average molecular weight is 385 g/mol. The van der Waals surface area contributed by atoms with Gasteiger partial charge in [0.25, 0.3) is 5.91 Å².